The van der Waals surface area contributed by atoms with E-state index < -0.39 is 6.10 Å². The topological polar surface area (TPSA) is 50.9 Å². The molecule has 1 aromatic carbocycles. The molecule has 0 amide bonds. The van der Waals surface area contributed by atoms with Gasteiger partial charge in [0, 0.05) is 22.5 Å². The summed E-state index contributed by atoms with van der Waals surface area (Å²) in [6, 6.07) is 5.42. The second-order valence-corrected chi connectivity index (χ2v) is 5.41. The summed E-state index contributed by atoms with van der Waals surface area (Å²) in [4.78, 5) is 3.92. The Morgan fingerprint density at radius 2 is 2.16 bits per heavy atom. The number of hydrogen-bond acceptors (Lipinski definition) is 3. The average Bonchev–Trinajstić information content (AvgIpc) is 2.80. The van der Waals surface area contributed by atoms with E-state index >= 15 is 0 Å². The lowest BCUT2D eigenvalue weighted by molar-refractivity contribution is 0.170. The molecule has 1 aromatic heterocycles. The van der Waals surface area contributed by atoms with E-state index in [2.05, 4.69) is 10.1 Å². The first-order valence-electron chi connectivity index (χ1n) is 6.01. The molecule has 4 nitrogen and oxygen atoms in total. The van der Waals surface area contributed by atoms with Gasteiger partial charge in [-0.3, -0.25) is 4.68 Å². The predicted molar refractivity (Wildman–Crippen MR) is 75.5 cm³/mol. The highest BCUT2D eigenvalue weighted by molar-refractivity contribution is 6.35. The molecule has 0 aliphatic carbocycles. The van der Waals surface area contributed by atoms with Crippen LogP contribution in [0.3, 0.4) is 0 Å². The van der Waals surface area contributed by atoms with Crippen molar-refractivity contribution < 1.29 is 5.11 Å². The standard InChI is InChI=1S/C13H15Cl2N3O/c1-9(19)4-10(6-18-8-16-7-17-18)12-3-2-11(14)5-13(12)15/h2-3,5,7-10,19H,4,6H2,1H3. The Hall–Kier alpha value is -1.10. The Bertz CT molecular complexity index is 529. The second kappa shape index (κ2) is 6.37. The third-order valence-electron chi connectivity index (χ3n) is 2.90. The molecule has 0 saturated heterocycles. The highest BCUT2D eigenvalue weighted by Gasteiger charge is 2.18. The molecule has 0 bridgehead atoms. The molecule has 1 N–H and O–H groups in total. The smallest absolute Gasteiger partial charge is 0.137 e. The number of aromatic nitrogens is 3. The third-order valence-corrected chi connectivity index (χ3v) is 3.46. The van der Waals surface area contributed by atoms with Crippen molar-refractivity contribution in [1.82, 2.24) is 14.8 Å². The molecule has 2 unspecified atom stereocenters. The van der Waals surface area contributed by atoms with Crippen LogP contribution >= 0.6 is 23.2 Å². The van der Waals surface area contributed by atoms with Crippen LogP contribution in [0.5, 0.6) is 0 Å². The van der Waals surface area contributed by atoms with Crippen LogP contribution in [0.15, 0.2) is 30.9 Å². The summed E-state index contributed by atoms with van der Waals surface area (Å²) in [6.07, 6.45) is 3.32. The maximum absolute atomic E-state index is 9.64. The van der Waals surface area contributed by atoms with E-state index in [1.807, 2.05) is 6.07 Å². The fraction of sp³-hybridized carbons (Fsp3) is 0.385. The van der Waals surface area contributed by atoms with Crippen LogP contribution in [0.4, 0.5) is 0 Å². The zero-order valence-electron chi connectivity index (χ0n) is 10.5. The molecule has 2 atom stereocenters. The van der Waals surface area contributed by atoms with Gasteiger partial charge in [0.25, 0.3) is 0 Å². The van der Waals surface area contributed by atoms with E-state index in [1.54, 1.807) is 30.1 Å². The van der Waals surface area contributed by atoms with E-state index in [0.717, 1.165) is 5.56 Å². The molecule has 1 heterocycles. The molecular formula is C13H15Cl2N3O. The number of benzene rings is 1. The van der Waals surface area contributed by atoms with Crippen LogP contribution in [0.2, 0.25) is 10.0 Å². The molecule has 6 heteroatoms. The Morgan fingerprint density at radius 1 is 1.37 bits per heavy atom. The Morgan fingerprint density at radius 3 is 2.74 bits per heavy atom. The van der Waals surface area contributed by atoms with Crippen molar-refractivity contribution >= 4 is 23.2 Å². The van der Waals surface area contributed by atoms with Gasteiger partial charge in [-0.25, -0.2) is 4.98 Å². The van der Waals surface area contributed by atoms with Crippen LogP contribution in [0.1, 0.15) is 24.8 Å². The fourth-order valence-corrected chi connectivity index (χ4v) is 2.66. The Kier molecular flexibility index (Phi) is 4.80. The molecule has 0 radical (unpaired) electrons. The number of hydrogen-bond donors (Lipinski definition) is 1. The number of halogens is 2. The molecular weight excluding hydrogens is 285 g/mol. The fourth-order valence-electron chi connectivity index (χ4n) is 2.10. The van der Waals surface area contributed by atoms with Gasteiger partial charge in [0.05, 0.1) is 6.10 Å². The number of nitrogens with zero attached hydrogens (tertiary/aromatic N) is 3. The molecule has 0 saturated carbocycles. The van der Waals surface area contributed by atoms with Crippen LogP contribution in [0, 0.1) is 0 Å². The highest BCUT2D eigenvalue weighted by atomic mass is 35.5. The van der Waals surface area contributed by atoms with Crippen molar-refractivity contribution in [2.24, 2.45) is 0 Å². The molecule has 0 aliphatic rings. The van der Waals surface area contributed by atoms with Crippen molar-refractivity contribution in [3.8, 4) is 0 Å². The first kappa shape index (κ1) is 14.3. The molecule has 2 aromatic rings. The summed E-state index contributed by atoms with van der Waals surface area (Å²) in [6.45, 7) is 2.38. The van der Waals surface area contributed by atoms with Gasteiger partial charge in [0.2, 0.25) is 0 Å². The lowest BCUT2D eigenvalue weighted by atomic mass is 9.93. The van der Waals surface area contributed by atoms with Gasteiger partial charge in [-0.1, -0.05) is 29.3 Å². The number of rotatable bonds is 5. The zero-order chi connectivity index (χ0) is 13.8. The molecule has 19 heavy (non-hydrogen) atoms. The van der Waals surface area contributed by atoms with Crippen molar-refractivity contribution in [3.05, 3.63) is 46.5 Å². The van der Waals surface area contributed by atoms with Gasteiger partial charge in [0.15, 0.2) is 0 Å². The Balaban J connectivity index is 2.25. The van der Waals surface area contributed by atoms with Crippen LogP contribution in [-0.2, 0) is 6.54 Å². The summed E-state index contributed by atoms with van der Waals surface area (Å²) in [5.41, 5.74) is 0.961. The summed E-state index contributed by atoms with van der Waals surface area (Å²) in [5, 5.41) is 14.9. The maximum atomic E-state index is 9.64. The summed E-state index contributed by atoms with van der Waals surface area (Å²) < 4.78 is 1.73. The van der Waals surface area contributed by atoms with Crippen molar-refractivity contribution in [2.75, 3.05) is 0 Å². The second-order valence-electron chi connectivity index (χ2n) is 4.57. The number of aliphatic hydroxyl groups is 1. The van der Waals surface area contributed by atoms with E-state index in [-0.39, 0.29) is 5.92 Å². The van der Waals surface area contributed by atoms with E-state index in [9.17, 15) is 5.11 Å². The summed E-state index contributed by atoms with van der Waals surface area (Å²) in [7, 11) is 0. The minimum Gasteiger partial charge on any atom is -0.393 e. The third kappa shape index (κ3) is 3.93. The van der Waals surface area contributed by atoms with Crippen LogP contribution < -0.4 is 0 Å². The summed E-state index contributed by atoms with van der Waals surface area (Å²) in [5.74, 6) is 0.0615. The first-order valence-corrected chi connectivity index (χ1v) is 6.77. The largest absolute Gasteiger partial charge is 0.393 e. The molecule has 0 spiro atoms. The highest BCUT2D eigenvalue weighted by Crippen LogP contribution is 2.31. The van der Waals surface area contributed by atoms with Crippen molar-refractivity contribution in [3.63, 3.8) is 0 Å². The van der Waals surface area contributed by atoms with Gasteiger partial charge in [-0.05, 0) is 31.0 Å². The first-order chi connectivity index (χ1) is 9.06. The Labute approximate surface area is 122 Å². The predicted octanol–water partition coefficient (Wildman–Crippen LogP) is 3.14. The SMILES string of the molecule is CC(O)CC(Cn1cncn1)c1ccc(Cl)cc1Cl. The van der Waals surface area contributed by atoms with Crippen molar-refractivity contribution in [2.45, 2.75) is 31.9 Å². The van der Waals surface area contributed by atoms with E-state index in [4.69, 9.17) is 23.2 Å². The summed E-state index contributed by atoms with van der Waals surface area (Å²) >= 11 is 12.1. The lowest BCUT2D eigenvalue weighted by Gasteiger charge is -2.20. The number of aliphatic hydroxyl groups excluding tert-OH is 1. The van der Waals surface area contributed by atoms with Gasteiger partial charge >= 0.3 is 0 Å². The molecule has 2 rings (SSSR count). The average molecular weight is 300 g/mol. The van der Waals surface area contributed by atoms with Gasteiger partial charge in [0.1, 0.15) is 12.7 Å². The van der Waals surface area contributed by atoms with E-state index in [0.29, 0.717) is 23.0 Å². The lowest BCUT2D eigenvalue weighted by Crippen LogP contribution is -2.15. The minimum atomic E-state index is -0.416. The van der Waals surface area contributed by atoms with Gasteiger partial charge in [-0.2, -0.15) is 5.10 Å². The molecule has 0 aliphatic heterocycles. The van der Waals surface area contributed by atoms with Crippen LogP contribution in [-0.4, -0.2) is 26.0 Å². The van der Waals surface area contributed by atoms with Gasteiger partial charge < -0.3 is 5.11 Å². The zero-order valence-corrected chi connectivity index (χ0v) is 12.0. The minimum absolute atomic E-state index is 0.0615. The monoisotopic (exact) mass is 299 g/mol. The van der Waals surface area contributed by atoms with Gasteiger partial charge in [-0.15, -0.1) is 0 Å². The molecule has 102 valence electrons. The normalized spacial score (nSPS) is 14.3. The molecule has 0 fully saturated rings. The van der Waals surface area contributed by atoms with Crippen molar-refractivity contribution in [1.29, 1.82) is 0 Å². The van der Waals surface area contributed by atoms with E-state index in [1.165, 1.54) is 6.33 Å². The van der Waals surface area contributed by atoms with Crippen LogP contribution in [0.25, 0.3) is 0 Å². The quantitative estimate of drug-likeness (QED) is 0.923. The maximum Gasteiger partial charge on any atom is 0.137 e.